The smallest absolute Gasteiger partial charge is 0.462 e. The zero-order chi connectivity index (χ0) is 49.2. The lowest BCUT2D eigenvalue weighted by atomic mass is 10.0. The van der Waals surface area contributed by atoms with Crippen LogP contribution in [-0.4, -0.2) is 113 Å². The third kappa shape index (κ3) is 23.2. The number of likely N-dealkylation sites (N-methyl/N-ethyl adjacent to an activating group) is 1. The number of hydrogen-bond donors (Lipinski definition) is 4. The minimum Gasteiger partial charge on any atom is -0.462 e. The van der Waals surface area contributed by atoms with Gasteiger partial charge in [0.25, 0.3) is 17.7 Å². The SMILES string of the molecule is CCCCCCCCCCCCCCCCCC(=O)OC[C@H](COP(=O)(O)OCC[N+](C)(C)C)OC(=O)CCCNC(=O)c1cc(NC(=O)c2cc(NC(=O)c3cccn3C)cn2C)cn1C. The third-order valence-corrected chi connectivity index (χ3v) is 12.1. The number of amides is 3. The van der Waals surface area contributed by atoms with Crippen molar-refractivity contribution in [1.82, 2.24) is 19.0 Å². The van der Waals surface area contributed by atoms with Crippen molar-refractivity contribution >= 4 is 48.9 Å². The normalized spacial score (nSPS) is 12.9. The molecule has 1 unspecified atom stereocenters. The first-order valence-corrected chi connectivity index (χ1v) is 25.5. The lowest BCUT2D eigenvalue weighted by Gasteiger charge is -2.24. The number of phosphoric acid groups is 1. The van der Waals surface area contributed by atoms with Crippen molar-refractivity contribution in [2.45, 2.75) is 129 Å². The highest BCUT2D eigenvalue weighted by atomic mass is 31.2. The molecule has 0 saturated heterocycles. The third-order valence-electron chi connectivity index (χ3n) is 11.2. The second-order valence-corrected chi connectivity index (χ2v) is 19.8. The number of rotatable bonds is 35. The van der Waals surface area contributed by atoms with Gasteiger partial charge in [-0.05, 0) is 37.1 Å². The molecule has 3 aromatic rings. The fraction of sp³-hybridized carbons (Fsp3) is 0.646. The van der Waals surface area contributed by atoms with Crippen LogP contribution in [-0.2, 0) is 53.8 Å². The Kier molecular flexibility index (Phi) is 25.2. The molecule has 0 aliphatic heterocycles. The number of carbonyl (C=O) groups is 5. The summed E-state index contributed by atoms with van der Waals surface area (Å²) in [5.74, 6) is -2.37. The zero-order valence-corrected chi connectivity index (χ0v) is 42.0. The largest absolute Gasteiger partial charge is 0.472 e. The summed E-state index contributed by atoms with van der Waals surface area (Å²) >= 11 is 0. The van der Waals surface area contributed by atoms with Gasteiger partial charge < -0.3 is 48.5 Å². The number of esters is 2. The number of aromatic nitrogens is 3. The average molecular weight is 961 g/mol. The van der Waals surface area contributed by atoms with Gasteiger partial charge in [0.1, 0.15) is 36.8 Å². The molecule has 0 fully saturated rings. The van der Waals surface area contributed by atoms with Crippen molar-refractivity contribution in [2.24, 2.45) is 21.1 Å². The Hall–Kier alpha value is -4.74. The van der Waals surface area contributed by atoms with Crippen LogP contribution >= 0.6 is 7.82 Å². The second-order valence-electron chi connectivity index (χ2n) is 18.3. The molecule has 0 spiro atoms. The van der Waals surface area contributed by atoms with E-state index in [9.17, 15) is 33.4 Å². The standard InChI is InChI=1S/C48H78N7O11P/c1-8-9-10-11-12-13-14-15-16-17-18-19-20-21-22-26-44(56)63-36-40(37-65-67(61,62)64-31-30-55(5,6)7)66-45(57)27-23-28-49-46(58)42-32-38(34-53(42)3)51-48(60)43-33-39(35-54(43)4)50-47(59)41-25-24-29-52(41)2/h24-25,29,32-35,40H,8-23,26-28,30-31,36-37H2,1-7H3,(H3-,49,50,51,58,59,60,61,62)/p+1/t40-/m1/s1. The summed E-state index contributed by atoms with van der Waals surface area (Å²) in [5.41, 5.74) is 1.80. The topological polar surface area (TPSA) is 210 Å². The molecule has 0 aliphatic carbocycles. The van der Waals surface area contributed by atoms with E-state index in [2.05, 4.69) is 22.9 Å². The number of unbranched alkanes of at least 4 members (excludes halogenated alkanes) is 14. The number of carbonyl (C=O) groups excluding carboxylic acids is 5. The number of quaternary nitrogens is 1. The summed E-state index contributed by atoms with van der Waals surface area (Å²) in [6.45, 7) is 1.81. The molecule has 3 heterocycles. The highest BCUT2D eigenvalue weighted by Crippen LogP contribution is 2.43. The van der Waals surface area contributed by atoms with E-state index in [4.69, 9.17) is 18.5 Å². The van der Waals surface area contributed by atoms with Gasteiger partial charge in [0.15, 0.2) is 6.10 Å². The van der Waals surface area contributed by atoms with Gasteiger partial charge >= 0.3 is 19.8 Å². The summed E-state index contributed by atoms with van der Waals surface area (Å²) in [7, 11) is 6.29. The zero-order valence-electron chi connectivity index (χ0n) is 41.1. The minimum atomic E-state index is -4.51. The number of ether oxygens (including phenoxy) is 2. The summed E-state index contributed by atoms with van der Waals surface area (Å²) in [6.07, 6.45) is 22.2. The maximum Gasteiger partial charge on any atom is 0.472 e. The Balaban J connectivity index is 1.40. The van der Waals surface area contributed by atoms with Crippen molar-refractivity contribution in [1.29, 1.82) is 0 Å². The van der Waals surface area contributed by atoms with E-state index in [0.717, 1.165) is 19.3 Å². The number of nitrogens with one attached hydrogen (secondary N) is 3. The minimum absolute atomic E-state index is 0.0490. The van der Waals surface area contributed by atoms with E-state index in [-0.39, 0.29) is 56.3 Å². The Morgan fingerprint density at radius 1 is 0.657 bits per heavy atom. The van der Waals surface area contributed by atoms with Gasteiger partial charge in [0, 0.05) is 59.1 Å². The lowest BCUT2D eigenvalue weighted by molar-refractivity contribution is -0.870. The quantitative estimate of drug-likeness (QED) is 0.0191. The predicted molar refractivity (Wildman–Crippen MR) is 259 cm³/mol. The maximum absolute atomic E-state index is 13.2. The van der Waals surface area contributed by atoms with E-state index >= 15 is 0 Å². The number of aryl methyl sites for hydroxylation is 3. The Morgan fingerprint density at radius 2 is 1.16 bits per heavy atom. The Morgan fingerprint density at radius 3 is 1.69 bits per heavy atom. The summed E-state index contributed by atoms with van der Waals surface area (Å²) < 4.78 is 39.1. The molecule has 67 heavy (non-hydrogen) atoms. The lowest BCUT2D eigenvalue weighted by Crippen LogP contribution is -2.37. The maximum atomic E-state index is 13.2. The molecular formula is C48H79N7O11P+. The molecular weight excluding hydrogens is 882 g/mol. The molecule has 0 aromatic carbocycles. The Bertz CT molecular complexity index is 2040. The van der Waals surface area contributed by atoms with Crippen LogP contribution in [0.15, 0.2) is 42.9 Å². The Labute approximate surface area is 397 Å². The first kappa shape index (κ1) is 56.6. The highest BCUT2D eigenvalue weighted by molar-refractivity contribution is 7.47. The monoisotopic (exact) mass is 961 g/mol. The predicted octanol–water partition coefficient (Wildman–Crippen LogP) is 8.27. The van der Waals surface area contributed by atoms with Crippen molar-refractivity contribution in [3.8, 4) is 0 Å². The molecule has 0 bridgehead atoms. The van der Waals surface area contributed by atoms with E-state index in [1.165, 1.54) is 76.7 Å². The molecule has 3 amide bonds. The van der Waals surface area contributed by atoms with Gasteiger partial charge in [-0.25, -0.2) is 4.57 Å². The van der Waals surface area contributed by atoms with E-state index in [0.29, 0.717) is 34.5 Å². The van der Waals surface area contributed by atoms with E-state index < -0.39 is 44.3 Å². The molecule has 0 aliphatic rings. The van der Waals surface area contributed by atoms with Gasteiger partial charge in [0.05, 0.1) is 39.1 Å². The van der Waals surface area contributed by atoms with Crippen LogP contribution in [0, 0.1) is 0 Å². The fourth-order valence-electron chi connectivity index (χ4n) is 7.23. The first-order chi connectivity index (χ1) is 31.9. The summed E-state index contributed by atoms with van der Waals surface area (Å²) in [4.78, 5) is 74.7. The molecule has 2 atom stereocenters. The molecule has 3 rings (SSSR count). The van der Waals surface area contributed by atoms with Gasteiger partial charge in [0.2, 0.25) is 0 Å². The van der Waals surface area contributed by atoms with Crippen LogP contribution in [0.3, 0.4) is 0 Å². The number of nitrogens with zero attached hydrogens (tertiary/aromatic N) is 4. The van der Waals surface area contributed by atoms with E-state index in [1.54, 1.807) is 71.6 Å². The molecule has 0 saturated carbocycles. The van der Waals surface area contributed by atoms with Gasteiger partial charge in [-0.1, -0.05) is 96.8 Å². The molecule has 0 radical (unpaired) electrons. The van der Waals surface area contributed by atoms with Crippen molar-refractivity contribution in [2.75, 3.05) is 64.7 Å². The van der Waals surface area contributed by atoms with Crippen molar-refractivity contribution in [3.05, 3.63) is 59.9 Å². The molecule has 4 N–H and O–H groups in total. The van der Waals surface area contributed by atoms with Crippen molar-refractivity contribution in [3.63, 3.8) is 0 Å². The number of hydrogen-bond acceptors (Lipinski definition) is 10. The molecule has 18 nitrogen and oxygen atoms in total. The van der Waals surface area contributed by atoms with Gasteiger partial charge in [-0.2, -0.15) is 0 Å². The summed E-state index contributed by atoms with van der Waals surface area (Å²) in [6, 6.07) is 6.51. The molecule has 376 valence electrons. The highest BCUT2D eigenvalue weighted by Gasteiger charge is 2.27. The molecule has 3 aromatic heterocycles. The van der Waals surface area contributed by atoms with Crippen LogP contribution in [0.2, 0.25) is 0 Å². The first-order valence-electron chi connectivity index (χ1n) is 24.0. The van der Waals surface area contributed by atoms with Crippen LogP contribution in [0.1, 0.15) is 154 Å². The van der Waals surface area contributed by atoms with E-state index in [1.807, 2.05) is 21.1 Å². The number of phosphoric ester groups is 1. The second kappa shape index (κ2) is 29.9. The van der Waals surface area contributed by atoms with Crippen LogP contribution in [0.25, 0.3) is 0 Å². The number of anilines is 2. The van der Waals surface area contributed by atoms with Gasteiger partial charge in [-0.15, -0.1) is 0 Å². The van der Waals surface area contributed by atoms with Crippen LogP contribution < -0.4 is 16.0 Å². The van der Waals surface area contributed by atoms with Crippen LogP contribution in [0.4, 0.5) is 11.4 Å². The van der Waals surface area contributed by atoms with Crippen LogP contribution in [0.5, 0.6) is 0 Å². The molecule has 19 heteroatoms. The van der Waals surface area contributed by atoms with Crippen molar-refractivity contribution < 1.29 is 56.4 Å². The average Bonchev–Trinajstić information content (AvgIpc) is 3.97. The fourth-order valence-corrected chi connectivity index (χ4v) is 7.98. The van der Waals surface area contributed by atoms with Gasteiger partial charge in [-0.3, -0.25) is 33.0 Å². The summed E-state index contributed by atoms with van der Waals surface area (Å²) in [5, 5.41) is 8.32.